The van der Waals surface area contributed by atoms with Crippen LogP contribution in [0.5, 0.6) is 5.75 Å². The minimum absolute atomic E-state index is 0.00322. The zero-order valence-corrected chi connectivity index (χ0v) is 18.6. The Kier molecular flexibility index (Phi) is 7.06. The molecule has 10 heteroatoms. The van der Waals surface area contributed by atoms with Gasteiger partial charge in [0.1, 0.15) is 11.6 Å². The minimum atomic E-state index is -4.15. The Bertz CT molecular complexity index is 1100. The van der Waals surface area contributed by atoms with Crippen molar-refractivity contribution in [2.45, 2.75) is 37.4 Å². The third-order valence-corrected chi connectivity index (χ3v) is 8.06. The Morgan fingerprint density at radius 3 is 2.31 bits per heavy atom. The molecule has 0 amide bonds. The van der Waals surface area contributed by atoms with Gasteiger partial charge >= 0.3 is 0 Å². The molecule has 0 unspecified atom stereocenters. The van der Waals surface area contributed by atoms with Crippen LogP contribution in [0.4, 0.5) is 18.9 Å². The molecule has 0 aromatic heterocycles. The number of aliphatic hydroxyl groups excluding tert-OH is 2. The molecule has 1 saturated carbocycles. The van der Waals surface area contributed by atoms with E-state index in [9.17, 15) is 31.8 Å². The summed E-state index contributed by atoms with van der Waals surface area (Å²) < 4.78 is 76.1. The fourth-order valence-corrected chi connectivity index (χ4v) is 5.56. The van der Waals surface area contributed by atoms with Gasteiger partial charge in [-0.2, -0.15) is 0 Å². The van der Waals surface area contributed by atoms with Gasteiger partial charge in [-0.05, 0) is 43.4 Å². The van der Waals surface area contributed by atoms with Gasteiger partial charge < -0.3 is 14.9 Å². The molecule has 0 aliphatic heterocycles. The molecule has 0 spiro atoms. The molecule has 1 aliphatic rings. The summed E-state index contributed by atoms with van der Waals surface area (Å²) in [6.07, 6.45) is 0.162. The average molecular weight is 474 g/mol. The Labute approximate surface area is 185 Å². The topological polar surface area (TPSA) is 95.9 Å². The number of sulfonamides is 1. The molecular weight excluding hydrogens is 447 g/mol. The van der Waals surface area contributed by atoms with Crippen LogP contribution in [0.3, 0.4) is 0 Å². The summed E-state index contributed by atoms with van der Waals surface area (Å²) in [5.41, 5.74) is 0.0128. The number of methoxy groups -OCH3 is 1. The Hall–Kier alpha value is -2.30. The third-order valence-electron chi connectivity index (χ3n) is 5.87. The maximum Gasteiger partial charge on any atom is 0.238 e. The minimum Gasteiger partial charge on any atom is -0.494 e. The number of nitrogens with one attached hydrogen (secondary N) is 1. The second-order valence-electron chi connectivity index (χ2n) is 8.22. The summed E-state index contributed by atoms with van der Waals surface area (Å²) >= 11 is 0. The van der Waals surface area contributed by atoms with E-state index in [2.05, 4.69) is 4.72 Å². The second kappa shape index (κ2) is 9.29. The van der Waals surface area contributed by atoms with Gasteiger partial charge in [0.15, 0.2) is 11.6 Å². The molecule has 1 fully saturated rings. The molecule has 0 bridgehead atoms. The van der Waals surface area contributed by atoms with Crippen molar-refractivity contribution in [2.24, 2.45) is 5.92 Å². The van der Waals surface area contributed by atoms with Crippen LogP contribution in [0.2, 0.25) is 0 Å². The fraction of sp³-hybridized carbons (Fsp3) is 0.455. The Morgan fingerprint density at radius 2 is 1.78 bits per heavy atom. The van der Waals surface area contributed by atoms with Crippen molar-refractivity contribution in [3.8, 4) is 5.75 Å². The van der Waals surface area contributed by atoms with Crippen molar-refractivity contribution in [2.75, 3.05) is 25.0 Å². The number of rotatable bonds is 10. The normalized spacial score (nSPS) is 15.1. The maximum atomic E-state index is 14.8. The highest BCUT2D eigenvalue weighted by atomic mass is 32.2. The lowest BCUT2D eigenvalue weighted by Crippen LogP contribution is -2.34. The lowest BCUT2D eigenvalue weighted by atomic mass is 10.0. The summed E-state index contributed by atoms with van der Waals surface area (Å²) in [4.78, 5) is 0. The standard InChI is InChI=1S/C22H26F3NO5S/c1-13-3-4-15(17(23)7-13)8-16-20(25)18(24)9-19(31-2)21(16)26-32(29,30)22(5-6-22)10-14(11-27)12-28/h3-4,7,9,14,26-28H,5-6,8,10-12H2,1-2H3. The lowest BCUT2D eigenvalue weighted by Gasteiger charge is -2.24. The van der Waals surface area contributed by atoms with Gasteiger partial charge in [0.25, 0.3) is 0 Å². The molecule has 1 aliphatic carbocycles. The van der Waals surface area contributed by atoms with E-state index in [1.54, 1.807) is 13.0 Å². The summed E-state index contributed by atoms with van der Waals surface area (Å²) in [6.45, 7) is 0.903. The maximum absolute atomic E-state index is 14.8. The van der Waals surface area contributed by atoms with Crippen molar-refractivity contribution >= 4 is 15.7 Å². The first-order chi connectivity index (χ1) is 15.1. The van der Waals surface area contributed by atoms with Crippen molar-refractivity contribution in [1.82, 2.24) is 0 Å². The van der Waals surface area contributed by atoms with Crippen molar-refractivity contribution in [3.05, 3.63) is 58.4 Å². The van der Waals surface area contributed by atoms with Crippen LogP contribution in [0.25, 0.3) is 0 Å². The highest BCUT2D eigenvalue weighted by Gasteiger charge is 2.55. The molecule has 6 nitrogen and oxygen atoms in total. The van der Waals surface area contributed by atoms with Crippen LogP contribution in [0.1, 0.15) is 36.0 Å². The number of ether oxygens (including phenoxy) is 1. The Balaban J connectivity index is 2.04. The molecule has 3 rings (SSSR count). The van der Waals surface area contributed by atoms with E-state index in [0.29, 0.717) is 5.56 Å². The van der Waals surface area contributed by atoms with E-state index in [-0.39, 0.29) is 55.0 Å². The number of anilines is 1. The molecule has 0 radical (unpaired) electrons. The highest BCUT2D eigenvalue weighted by Crippen LogP contribution is 2.50. The number of aliphatic hydroxyl groups is 2. The monoisotopic (exact) mass is 473 g/mol. The van der Waals surface area contributed by atoms with E-state index in [1.165, 1.54) is 19.2 Å². The predicted octanol–water partition coefficient (Wildman–Crippen LogP) is 3.28. The number of aryl methyl sites for hydroxylation is 1. The summed E-state index contributed by atoms with van der Waals surface area (Å²) in [5.74, 6) is -4.08. The molecule has 176 valence electrons. The molecular formula is C22H26F3NO5S. The van der Waals surface area contributed by atoms with Gasteiger partial charge in [0, 0.05) is 37.2 Å². The summed E-state index contributed by atoms with van der Waals surface area (Å²) in [6, 6.07) is 5.01. The quantitative estimate of drug-likeness (QED) is 0.492. The van der Waals surface area contributed by atoms with Crippen molar-refractivity contribution < 1.29 is 36.5 Å². The first kappa shape index (κ1) is 24.3. The van der Waals surface area contributed by atoms with Gasteiger partial charge in [-0.25, -0.2) is 21.6 Å². The highest BCUT2D eigenvalue weighted by molar-refractivity contribution is 7.94. The van der Waals surface area contributed by atoms with E-state index in [0.717, 1.165) is 6.07 Å². The van der Waals surface area contributed by atoms with Gasteiger partial charge in [0.2, 0.25) is 10.0 Å². The number of hydrogen-bond acceptors (Lipinski definition) is 5. The predicted molar refractivity (Wildman–Crippen MR) is 114 cm³/mol. The second-order valence-corrected chi connectivity index (χ2v) is 10.3. The number of benzene rings is 2. The summed E-state index contributed by atoms with van der Waals surface area (Å²) in [5, 5.41) is 18.7. The first-order valence-corrected chi connectivity index (χ1v) is 11.6. The number of hydrogen-bond donors (Lipinski definition) is 3. The van der Waals surface area contributed by atoms with Gasteiger partial charge in [-0.1, -0.05) is 12.1 Å². The van der Waals surface area contributed by atoms with Gasteiger partial charge in [-0.15, -0.1) is 0 Å². The van der Waals surface area contributed by atoms with E-state index in [1.807, 2.05) is 0 Å². The van der Waals surface area contributed by atoms with Crippen LogP contribution in [0.15, 0.2) is 24.3 Å². The van der Waals surface area contributed by atoms with E-state index >= 15 is 0 Å². The van der Waals surface area contributed by atoms with Crippen LogP contribution in [0, 0.1) is 30.3 Å². The zero-order valence-electron chi connectivity index (χ0n) is 17.8. The van der Waals surface area contributed by atoms with Crippen LogP contribution in [-0.4, -0.2) is 43.7 Å². The van der Waals surface area contributed by atoms with Crippen LogP contribution in [-0.2, 0) is 16.4 Å². The Morgan fingerprint density at radius 1 is 1.12 bits per heavy atom. The molecule has 0 saturated heterocycles. The SMILES string of the molecule is COc1cc(F)c(F)c(Cc2ccc(C)cc2F)c1NS(=O)(=O)C1(CC(CO)CO)CC1. The number of halogens is 3. The molecule has 32 heavy (non-hydrogen) atoms. The van der Waals surface area contributed by atoms with Gasteiger partial charge in [-0.3, -0.25) is 4.72 Å². The van der Waals surface area contributed by atoms with Crippen molar-refractivity contribution in [3.63, 3.8) is 0 Å². The zero-order chi connectivity index (χ0) is 23.7. The van der Waals surface area contributed by atoms with Crippen molar-refractivity contribution in [1.29, 1.82) is 0 Å². The lowest BCUT2D eigenvalue weighted by molar-refractivity contribution is 0.141. The molecule has 3 N–H and O–H groups in total. The first-order valence-electron chi connectivity index (χ1n) is 10.1. The third kappa shape index (κ3) is 4.72. The molecule has 0 atom stereocenters. The smallest absolute Gasteiger partial charge is 0.238 e. The largest absolute Gasteiger partial charge is 0.494 e. The van der Waals surface area contributed by atoms with E-state index in [4.69, 9.17) is 4.74 Å². The summed E-state index contributed by atoms with van der Waals surface area (Å²) in [7, 11) is -2.96. The van der Waals surface area contributed by atoms with Gasteiger partial charge in [0.05, 0.1) is 17.5 Å². The molecule has 2 aromatic rings. The molecule has 2 aromatic carbocycles. The van der Waals surface area contributed by atoms with Crippen LogP contribution >= 0.6 is 0 Å². The van der Waals surface area contributed by atoms with Crippen LogP contribution < -0.4 is 9.46 Å². The fourth-order valence-electron chi connectivity index (χ4n) is 3.76. The van der Waals surface area contributed by atoms with E-state index < -0.39 is 44.6 Å². The average Bonchev–Trinajstić information content (AvgIpc) is 3.54. The molecule has 0 heterocycles.